The van der Waals surface area contributed by atoms with Crippen molar-refractivity contribution in [3.63, 3.8) is 0 Å². The monoisotopic (exact) mass is 215 g/mol. The van der Waals surface area contributed by atoms with E-state index in [1.807, 2.05) is 0 Å². The molecule has 3 nitrogen and oxygen atoms in total. The van der Waals surface area contributed by atoms with Gasteiger partial charge in [0.1, 0.15) is 0 Å². The third kappa shape index (κ3) is 4.96. The Balaban J connectivity index is 2.12. The molecule has 1 fully saturated rings. The Kier molecular flexibility index (Phi) is 5.58. The summed E-state index contributed by atoms with van der Waals surface area (Å²) in [4.78, 5) is 0. The van der Waals surface area contributed by atoms with E-state index in [0.717, 1.165) is 26.1 Å². The second-order valence-electron chi connectivity index (χ2n) is 5.13. The zero-order valence-electron chi connectivity index (χ0n) is 10.2. The molecule has 3 atom stereocenters. The normalized spacial score (nSPS) is 25.8. The molecule has 90 valence electrons. The molecule has 2 N–H and O–H groups in total. The molecule has 0 aromatic rings. The quantitative estimate of drug-likeness (QED) is 0.704. The molecule has 3 heteroatoms. The van der Waals surface area contributed by atoms with Gasteiger partial charge in [0.25, 0.3) is 0 Å². The van der Waals surface area contributed by atoms with Gasteiger partial charge in [0.15, 0.2) is 0 Å². The van der Waals surface area contributed by atoms with E-state index < -0.39 is 0 Å². The molecule has 1 saturated heterocycles. The van der Waals surface area contributed by atoms with Crippen LogP contribution in [-0.2, 0) is 4.74 Å². The van der Waals surface area contributed by atoms with Crippen molar-refractivity contribution in [2.75, 3.05) is 19.8 Å². The van der Waals surface area contributed by atoms with Crippen molar-refractivity contribution < 1.29 is 9.84 Å². The highest BCUT2D eigenvalue weighted by molar-refractivity contribution is 4.76. The number of aliphatic hydroxyl groups excluding tert-OH is 1. The van der Waals surface area contributed by atoms with Gasteiger partial charge >= 0.3 is 0 Å². The summed E-state index contributed by atoms with van der Waals surface area (Å²) >= 11 is 0. The number of hydrogen-bond donors (Lipinski definition) is 2. The highest BCUT2D eigenvalue weighted by atomic mass is 16.5. The van der Waals surface area contributed by atoms with Crippen molar-refractivity contribution in [3.05, 3.63) is 0 Å². The maximum atomic E-state index is 9.89. The summed E-state index contributed by atoms with van der Waals surface area (Å²) in [6.07, 6.45) is 1.91. The Morgan fingerprint density at radius 2 is 2.13 bits per heavy atom. The molecule has 0 aromatic carbocycles. The van der Waals surface area contributed by atoms with E-state index in [1.165, 1.54) is 0 Å². The van der Waals surface area contributed by atoms with Crippen LogP contribution in [0.4, 0.5) is 0 Å². The topological polar surface area (TPSA) is 41.5 Å². The van der Waals surface area contributed by atoms with E-state index in [2.05, 4.69) is 26.1 Å². The molecule has 0 saturated carbocycles. The second kappa shape index (κ2) is 6.46. The molecule has 1 aliphatic rings. The number of ether oxygens (including phenoxy) is 1. The summed E-state index contributed by atoms with van der Waals surface area (Å²) in [5, 5.41) is 13.3. The summed E-state index contributed by atoms with van der Waals surface area (Å²) in [6.45, 7) is 8.85. The van der Waals surface area contributed by atoms with Crippen LogP contribution < -0.4 is 5.32 Å². The van der Waals surface area contributed by atoms with E-state index in [1.54, 1.807) is 0 Å². The second-order valence-corrected chi connectivity index (χ2v) is 5.13. The van der Waals surface area contributed by atoms with Gasteiger partial charge in [-0.15, -0.1) is 0 Å². The molecule has 1 rings (SSSR count). The number of nitrogens with one attached hydrogen (secondary N) is 1. The first-order valence-corrected chi connectivity index (χ1v) is 6.08. The SMILES string of the molecule is CC(C)CC(C)NCC(O)C1CCOC1. The number of aliphatic hydroxyl groups is 1. The van der Waals surface area contributed by atoms with Crippen molar-refractivity contribution in [1.29, 1.82) is 0 Å². The van der Waals surface area contributed by atoms with Gasteiger partial charge in [-0.05, 0) is 25.7 Å². The van der Waals surface area contributed by atoms with Crippen LogP contribution in [0, 0.1) is 11.8 Å². The van der Waals surface area contributed by atoms with Crippen LogP contribution in [0.1, 0.15) is 33.6 Å². The van der Waals surface area contributed by atoms with Crippen molar-refractivity contribution in [2.45, 2.75) is 45.8 Å². The van der Waals surface area contributed by atoms with Crippen LogP contribution in [0.2, 0.25) is 0 Å². The first kappa shape index (κ1) is 12.9. The Hall–Kier alpha value is -0.120. The average molecular weight is 215 g/mol. The predicted octanol–water partition coefficient (Wildman–Crippen LogP) is 1.41. The van der Waals surface area contributed by atoms with Crippen LogP contribution in [0.25, 0.3) is 0 Å². The third-order valence-electron chi connectivity index (χ3n) is 3.01. The smallest absolute Gasteiger partial charge is 0.0715 e. The average Bonchev–Trinajstić information content (AvgIpc) is 2.65. The standard InChI is InChI=1S/C12H25NO2/c1-9(2)6-10(3)13-7-12(14)11-4-5-15-8-11/h9-14H,4-8H2,1-3H3. The maximum absolute atomic E-state index is 9.89. The zero-order chi connectivity index (χ0) is 11.3. The van der Waals surface area contributed by atoms with E-state index >= 15 is 0 Å². The summed E-state index contributed by atoms with van der Waals surface area (Å²) in [5.74, 6) is 1.04. The Morgan fingerprint density at radius 1 is 1.40 bits per heavy atom. The molecule has 0 spiro atoms. The van der Waals surface area contributed by atoms with Gasteiger partial charge in [-0.25, -0.2) is 0 Å². The minimum Gasteiger partial charge on any atom is -0.391 e. The molecule has 0 amide bonds. The lowest BCUT2D eigenvalue weighted by atomic mass is 10.0. The van der Waals surface area contributed by atoms with Crippen molar-refractivity contribution in [1.82, 2.24) is 5.32 Å². The lowest BCUT2D eigenvalue weighted by molar-refractivity contribution is 0.0882. The summed E-state index contributed by atoms with van der Waals surface area (Å²) in [5.41, 5.74) is 0. The predicted molar refractivity (Wildman–Crippen MR) is 61.9 cm³/mol. The van der Waals surface area contributed by atoms with Gasteiger partial charge in [0, 0.05) is 25.1 Å². The van der Waals surface area contributed by atoms with Crippen molar-refractivity contribution >= 4 is 0 Å². The molecular weight excluding hydrogens is 190 g/mol. The van der Waals surface area contributed by atoms with E-state index in [0.29, 0.717) is 24.4 Å². The van der Waals surface area contributed by atoms with Crippen LogP contribution in [0.3, 0.4) is 0 Å². The molecule has 0 bridgehead atoms. The first-order valence-electron chi connectivity index (χ1n) is 6.08. The Morgan fingerprint density at radius 3 is 2.67 bits per heavy atom. The number of hydrogen-bond acceptors (Lipinski definition) is 3. The van der Waals surface area contributed by atoms with E-state index in [9.17, 15) is 5.11 Å². The highest BCUT2D eigenvalue weighted by Crippen LogP contribution is 2.16. The van der Waals surface area contributed by atoms with Gasteiger partial charge in [0.2, 0.25) is 0 Å². The summed E-state index contributed by atoms with van der Waals surface area (Å²) in [6, 6.07) is 0.488. The van der Waals surface area contributed by atoms with Crippen molar-refractivity contribution in [3.8, 4) is 0 Å². The van der Waals surface area contributed by atoms with E-state index in [4.69, 9.17) is 4.74 Å². The lowest BCUT2D eigenvalue weighted by Crippen LogP contribution is -2.38. The van der Waals surface area contributed by atoms with Crippen LogP contribution in [0.5, 0.6) is 0 Å². The summed E-state index contributed by atoms with van der Waals surface area (Å²) < 4.78 is 5.26. The molecule has 15 heavy (non-hydrogen) atoms. The van der Waals surface area contributed by atoms with Gasteiger partial charge < -0.3 is 15.2 Å². The van der Waals surface area contributed by atoms with E-state index in [-0.39, 0.29) is 6.10 Å². The molecule has 0 radical (unpaired) electrons. The van der Waals surface area contributed by atoms with Crippen LogP contribution in [-0.4, -0.2) is 37.0 Å². The minimum atomic E-state index is -0.248. The molecule has 3 unspecified atom stereocenters. The fraction of sp³-hybridized carbons (Fsp3) is 1.00. The largest absolute Gasteiger partial charge is 0.391 e. The van der Waals surface area contributed by atoms with Gasteiger partial charge in [-0.1, -0.05) is 13.8 Å². The fourth-order valence-electron chi connectivity index (χ4n) is 2.14. The molecular formula is C12H25NO2. The first-order chi connectivity index (χ1) is 7.09. The maximum Gasteiger partial charge on any atom is 0.0715 e. The molecule has 0 aliphatic carbocycles. The Labute approximate surface area is 93.2 Å². The third-order valence-corrected chi connectivity index (χ3v) is 3.01. The fourth-order valence-corrected chi connectivity index (χ4v) is 2.14. The lowest BCUT2D eigenvalue weighted by Gasteiger charge is -2.21. The summed E-state index contributed by atoms with van der Waals surface area (Å²) in [7, 11) is 0. The van der Waals surface area contributed by atoms with Gasteiger partial charge in [0.05, 0.1) is 12.7 Å². The zero-order valence-corrected chi connectivity index (χ0v) is 10.2. The van der Waals surface area contributed by atoms with Gasteiger partial charge in [-0.3, -0.25) is 0 Å². The van der Waals surface area contributed by atoms with Crippen LogP contribution in [0.15, 0.2) is 0 Å². The van der Waals surface area contributed by atoms with Gasteiger partial charge in [-0.2, -0.15) is 0 Å². The molecule has 0 aromatic heterocycles. The highest BCUT2D eigenvalue weighted by Gasteiger charge is 2.23. The molecule has 1 heterocycles. The van der Waals surface area contributed by atoms with Crippen LogP contribution >= 0.6 is 0 Å². The molecule has 1 aliphatic heterocycles. The Bertz CT molecular complexity index is 167. The van der Waals surface area contributed by atoms with Crippen molar-refractivity contribution in [2.24, 2.45) is 11.8 Å². The minimum absolute atomic E-state index is 0.248. The number of rotatable bonds is 6.